The van der Waals surface area contributed by atoms with Crippen molar-refractivity contribution in [3.8, 4) is 5.75 Å². The van der Waals surface area contributed by atoms with Crippen molar-refractivity contribution in [1.82, 2.24) is 0 Å². The van der Waals surface area contributed by atoms with Crippen molar-refractivity contribution >= 4 is 38.8 Å². The van der Waals surface area contributed by atoms with Gasteiger partial charge in [0.15, 0.2) is 15.4 Å². The van der Waals surface area contributed by atoms with Gasteiger partial charge in [0.2, 0.25) is 0 Å². The summed E-state index contributed by atoms with van der Waals surface area (Å²) in [6.45, 7) is 2.37. The van der Waals surface area contributed by atoms with Crippen LogP contribution < -0.4 is 4.74 Å². The van der Waals surface area contributed by atoms with Crippen molar-refractivity contribution < 1.29 is 22.7 Å². The summed E-state index contributed by atoms with van der Waals surface area (Å²) >= 11 is 12.4. The maximum absolute atomic E-state index is 12.5. The molecule has 0 bridgehead atoms. The van der Waals surface area contributed by atoms with E-state index in [1.54, 1.807) is 43.3 Å². The number of benzene rings is 3. The molecule has 1 fully saturated rings. The van der Waals surface area contributed by atoms with Crippen molar-refractivity contribution in [3.63, 3.8) is 0 Å². The molecule has 3 aromatic carbocycles. The summed E-state index contributed by atoms with van der Waals surface area (Å²) in [4.78, 5) is 12.8. The summed E-state index contributed by atoms with van der Waals surface area (Å²) in [5.74, 6) is 0.737. The highest BCUT2D eigenvalue weighted by molar-refractivity contribution is 7.91. The van der Waals surface area contributed by atoms with Crippen LogP contribution in [0.15, 0.2) is 71.6 Å². The van der Waals surface area contributed by atoms with E-state index in [4.69, 9.17) is 32.7 Å². The molecule has 34 heavy (non-hydrogen) atoms. The third-order valence-electron chi connectivity index (χ3n) is 5.79. The van der Waals surface area contributed by atoms with Crippen LogP contribution in [0.25, 0.3) is 0 Å². The van der Waals surface area contributed by atoms with Gasteiger partial charge >= 0.3 is 0 Å². The maximum Gasteiger partial charge on any atom is 0.182 e. The maximum atomic E-state index is 12.5. The van der Waals surface area contributed by atoms with Crippen molar-refractivity contribution in [1.29, 1.82) is 0 Å². The monoisotopic (exact) mass is 518 g/mol. The highest BCUT2D eigenvalue weighted by atomic mass is 35.5. The highest BCUT2D eigenvalue weighted by Gasteiger charge is 2.44. The van der Waals surface area contributed by atoms with Gasteiger partial charge in [-0.25, -0.2) is 8.42 Å². The minimum atomic E-state index is -3.25. The first kappa shape index (κ1) is 24.7. The Morgan fingerprint density at radius 2 is 1.53 bits per heavy atom. The molecule has 0 spiro atoms. The standard InChI is InChI=1S/C26H24Cl2O5S/c1-2-34(30,31)23-10-5-19(6-11-23)14-21(29)13-18-3-8-22(9-4-18)33-26(16-32-17-26)24-12-7-20(27)15-25(24)28/h3-12,15H,2,13-14,16-17H2,1H3. The molecule has 1 saturated heterocycles. The molecule has 1 aliphatic rings. The SMILES string of the molecule is CCS(=O)(=O)c1ccc(CC(=O)Cc2ccc(OC3(c4ccc(Cl)cc4Cl)COC3)cc2)cc1. The minimum Gasteiger partial charge on any atom is -0.478 e. The topological polar surface area (TPSA) is 69.7 Å². The fourth-order valence-electron chi connectivity index (χ4n) is 3.82. The fraction of sp³-hybridized carbons (Fsp3) is 0.269. The van der Waals surface area contributed by atoms with Gasteiger partial charge in [-0.05, 0) is 47.5 Å². The molecule has 0 aliphatic carbocycles. The zero-order chi connectivity index (χ0) is 24.3. The summed E-state index contributed by atoms with van der Waals surface area (Å²) in [5.41, 5.74) is 1.80. The smallest absolute Gasteiger partial charge is 0.182 e. The van der Waals surface area contributed by atoms with Crippen LogP contribution in [0, 0.1) is 0 Å². The van der Waals surface area contributed by atoms with Crippen LogP contribution in [0.5, 0.6) is 5.75 Å². The third kappa shape index (κ3) is 5.47. The molecule has 0 atom stereocenters. The van der Waals surface area contributed by atoms with Gasteiger partial charge in [-0.15, -0.1) is 0 Å². The Balaban J connectivity index is 1.38. The summed E-state index contributed by atoms with van der Waals surface area (Å²) < 4.78 is 35.5. The number of halogens is 2. The van der Waals surface area contributed by atoms with Gasteiger partial charge in [-0.1, -0.05) is 60.5 Å². The van der Waals surface area contributed by atoms with Crippen LogP contribution in [-0.4, -0.2) is 33.2 Å². The lowest BCUT2D eigenvalue weighted by atomic mass is 9.91. The van der Waals surface area contributed by atoms with Gasteiger partial charge in [0, 0.05) is 28.5 Å². The first-order valence-electron chi connectivity index (χ1n) is 10.9. The molecule has 5 nitrogen and oxygen atoms in total. The van der Waals surface area contributed by atoms with Crippen LogP contribution in [0.4, 0.5) is 0 Å². The van der Waals surface area contributed by atoms with Crippen LogP contribution in [0.1, 0.15) is 23.6 Å². The van der Waals surface area contributed by atoms with Gasteiger partial charge in [-0.2, -0.15) is 0 Å². The summed E-state index contributed by atoms with van der Waals surface area (Å²) in [6, 6.07) is 19.2. The second-order valence-corrected chi connectivity index (χ2v) is 11.4. The minimum absolute atomic E-state index is 0.0385. The second kappa shape index (κ2) is 10.1. The van der Waals surface area contributed by atoms with E-state index < -0.39 is 15.4 Å². The number of Topliss-reactive ketones (excluding diaryl/α,β-unsaturated/α-hetero) is 1. The Morgan fingerprint density at radius 3 is 2.03 bits per heavy atom. The highest BCUT2D eigenvalue weighted by Crippen LogP contribution is 2.39. The largest absolute Gasteiger partial charge is 0.478 e. The normalized spacial score (nSPS) is 14.9. The predicted octanol–water partition coefficient (Wildman–Crippen LogP) is 5.45. The van der Waals surface area contributed by atoms with Gasteiger partial charge < -0.3 is 9.47 Å². The number of rotatable bonds is 9. The molecule has 178 valence electrons. The molecule has 8 heteroatoms. The number of carbonyl (C=O) groups is 1. The number of hydrogen-bond donors (Lipinski definition) is 0. The first-order chi connectivity index (χ1) is 16.2. The van der Waals surface area contributed by atoms with Crippen LogP contribution in [0.3, 0.4) is 0 Å². The molecule has 0 N–H and O–H groups in total. The molecular weight excluding hydrogens is 495 g/mol. The van der Waals surface area contributed by atoms with Gasteiger partial charge in [0.1, 0.15) is 11.5 Å². The van der Waals surface area contributed by atoms with E-state index in [9.17, 15) is 13.2 Å². The van der Waals surface area contributed by atoms with Crippen LogP contribution in [-0.2, 0) is 37.8 Å². The molecule has 0 aromatic heterocycles. The Hall–Kier alpha value is -2.38. The van der Waals surface area contributed by atoms with Gasteiger partial charge in [0.25, 0.3) is 0 Å². The predicted molar refractivity (Wildman–Crippen MR) is 133 cm³/mol. The van der Waals surface area contributed by atoms with Crippen molar-refractivity contribution in [2.75, 3.05) is 19.0 Å². The molecule has 1 aliphatic heterocycles. The number of ether oxygens (including phenoxy) is 2. The molecular formula is C26H24Cl2O5S. The molecule has 0 saturated carbocycles. The van der Waals surface area contributed by atoms with Gasteiger partial charge in [-0.3, -0.25) is 4.79 Å². The van der Waals surface area contributed by atoms with E-state index >= 15 is 0 Å². The van der Waals surface area contributed by atoms with Gasteiger partial charge in [0.05, 0.1) is 23.9 Å². The Bertz CT molecular complexity index is 1280. The number of sulfone groups is 1. The van der Waals surface area contributed by atoms with E-state index in [0.29, 0.717) is 29.0 Å². The lowest BCUT2D eigenvalue weighted by Gasteiger charge is -2.42. The Kier molecular flexibility index (Phi) is 7.33. The lowest BCUT2D eigenvalue weighted by Crippen LogP contribution is -2.51. The average molecular weight is 519 g/mol. The third-order valence-corrected chi connectivity index (χ3v) is 8.09. The molecule has 3 aromatic rings. The lowest BCUT2D eigenvalue weighted by molar-refractivity contribution is -0.167. The molecule has 0 unspecified atom stereocenters. The Labute approximate surface area is 209 Å². The summed E-state index contributed by atoms with van der Waals surface area (Å²) in [5, 5.41) is 1.08. The summed E-state index contributed by atoms with van der Waals surface area (Å²) in [7, 11) is -3.25. The second-order valence-electron chi connectivity index (χ2n) is 8.30. The number of ketones is 1. The van der Waals surface area contributed by atoms with Crippen molar-refractivity contribution in [3.05, 3.63) is 93.5 Å². The molecule has 0 amide bonds. The van der Waals surface area contributed by atoms with E-state index in [1.807, 2.05) is 30.3 Å². The zero-order valence-corrected chi connectivity index (χ0v) is 20.9. The van der Waals surface area contributed by atoms with Crippen molar-refractivity contribution in [2.45, 2.75) is 30.3 Å². The molecule has 1 heterocycles. The van der Waals surface area contributed by atoms with E-state index in [0.717, 1.165) is 16.7 Å². The van der Waals surface area contributed by atoms with Crippen LogP contribution >= 0.6 is 23.2 Å². The summed E-state index contributed by atoms with van der Waals surface area (Å²) in [6.07, 6.45) is 0.507. The Morgan fingerprint density at radius 1 is 0.941 bits per heavy atom. The van der Waals surface area contributed by atoms with E-state index in [-0.39, 0.29) is 29.3 Å². The molecule has 4 rings (SSSR count). The quantitative estimate of drug-likeness (QED) is 0.376. The van der Waals surface area contributed by atoms with E-state index in [1.165, 1.54) is 0 Å². The number of hydrogen-bond acceptors (Lipinski definition) is 5. The number of carbonyl (C=O) groups excluding carboxylic acids is 1. The first-order valence-corrected chi connectivity index (χ1v) is 13.3. The average Bonchev–Trinajstić information content (AvgIpc) is 2.78. The van der Waals surface area contributed by atoms with E-state index in [2.05, 4.69) is 0 Å². The zero-order valence-electron chi connectivity index (χ0n) is 18.6. The fourth-order valence-corrected chi connectivity index (χ4v) is 5.28. The van der Waals surface area contributed by atoms with Crippen LogP contribution in [0.2, 0.25) is 10.0 Å². The van der Waals surface area contributed by atoms with Crippen molar-refractivity contribution in [2.24, 2.45) is 0 Å². The molecule has 0 radical (unpaired) electrons.